The number of aryl methyl sites for hydroxylation is 1. The molecule has 164 valence electrons. The van der Waals surface area contributed by atoms with E-state index in [1.54, 1.807) is 6.07 Å². The Labute approximate surface area is 207 Å². The molecule has 0 bridgehead atoms. The molecule has 5 rings (SSSR count). The Kier molecular flexibility index (Phi) is 5.20. The van der Waals surface area contributed by atoms with Crippen molar-refractivity contribution in [3.05, 3.63) is 63.6 Å². The molecular formula is C22H18BrN3O3S3. The van der Waals surface area contributed by atoms with Gasteiger partial charge in [-0.25, -0.2) is 4.90 Å². The van der Waals surface area contributed by atoms with Gasteiger partial charge in [-0.1, -0.05) is 45.9 Å². The van der Waals surface area contributed by atoms with Crippen LogP contribution in [-0.4, -0.2) is 49.0 Å². The first-order valence-corrected chi connectivity index (χ1v) is 13.0. The van der Waals surface area contributed by atoms with Crippen LogP contribution < -0.4 is 5.32 Å². The predicted octanol–water partition coefficient (Wildman–Crippen LogP) is 4.33. The van der Waals surface area contributed by atoms with Gasteiger partial charge in [0.05, 0.1) is 11.5 Å². The minimum Gasteiger partial charge on any atom is -0.347 e. The Hall–Kier alpha value is -1.88. The van der Waals surface area contributed by atoms with Gasteiger partial charge in [-0.05, 0) is 61.5 Å². The molecule has 10 heteroatoms. The zero-order chi connectivity index (χ0) is 22.8. The van der Waals surface area contributed by atoms with Gasteiger partial charge in [0.25, 0.3) is 0 Å². The molecule has 3 aliphatic rings. The molecule has 2 saturated heterocycles. The van der Waals surface area contributed by atoms with E-state index < -0.39 is 9.87 Å². The number of fused-ring (bicyclic) bond motifs is 1. The summed E-state index contributed by atoms with van der Waals surface area (Å²) in [6.45, 7) is 3.86. The number of ketones is 1. The van der Waals surface area contributed by atoms with Crippen LogP contribution in [-0.2, 0) is 14.5 Å². The van der Waals surface area contributed by atoms with Crippen LogP contribution in [0.5, 0.6) is 0 Å². The Morgan fingerprint density at radius 1 is 1.03 bits per heavy atom. The monoisotopic (exact) mass is 547 g/mol. The van der Waals surface area contributed by atoms with Gasteiger partial charge in [0.15, 0.2) is 5.11 Å². The molecule has 3 aliphatic heterocycles. The topological polar surface area (TPSA) is 69.7 Å². The molecule has 3 heterocycles. The first-order valence-electron chi connectivity index (χ1n) is 9.85. The summed E-state index contributed by atoms with van der Waals surface area (Å²) in [5.41, 5.74) is 3.07. The minimum atomic E-state index is -1.38. The highest BCUT2D eigenvalue weighted by molar-refractivity contribution is 9.10. The first kappa shape index (κ1) is 21.9. The van der Waals surface area contributed by atoms with Crippen molar-refractivity contribution in [1.82, 2.24) is 9.80 Å². The Balaban J connectivity index is 1.56. The molecule has 2 unspecified atom stereocenters. The van der Waals surface area contributed by atoms with Crippen LogP contribution in [0, 0.1) is 6.92 Å². The van der Waals surface area contributed by atoms with Gasteiger partial charge >= 0.3 is 0 Å². The summed E-state index contributed by atoms with van der Waals surface area (Å²) in [4.78, 5) is 40.2. The van der Waals surface area contributed by atoms with Crippen molar-refractivity contribution in [2.45, 2.75) is 23.7 Å². The van der Waals surface area contributed by atoms with E-state index in [0.717, 1.165) is 15.6 Å². The lowest BCUT2D eigenvalue weighted by Crippen LogP contribution is -2.61. The van der Waals surface area contributed by atoms with Crippen molar-refractivity contribution >= 4 is 80.1 Å². The van der Waals surface area contributed by atoms with Crippen LogP contribution in [0.3, 0.4) is 0 Å². The van der Waals surface area contributed by atoms with Crippen molar-refractivity contribution in [3.63, 3.8) is 0 Å². The Morgan fingerprint density at radius 3 is 2.41 bits per heavy atom. The van der Waals surface area contributed by atoms with E-state index in [9.17, 15) is 14.4 Å². The number of rotatable bonds is 1. The summed E-state index contributed by atoms with van der Waals surface area (Å²) in [5, 5.41) is 3.30. The number of halogens is 1. The molecule has 0 radical (unpaired) electrons. The number of hydrogen-bond acceptors (Lipinski definition) is 7. The van der Waals surface area contributed by atoms with Gasteiger partial charge in [-0.15, -0.1) is 11.8 Å². The second-order valence-electron chi connectivity index (χ2n) is 7.96. The summed E-state index contributed by atoms with van der Waals surface area (Å²) in [7, 11) is 0. The van der Waals surface area contributed by atoms with Crippen LogP contribution >= 0.6 is 51.7 Å². The fraction of sp³-hybridized carbons (Fsp3) is 0.273. The Bertz CT molecular complexity index is 1200. The number of benzene rings is 2. The van der Waals surface area contributed by atoms with E-state index in [-0.39, 0.29) is 34.2 Å². The average Bonchev–Trinajstić information content (AvgIpc) is 3.34. The lowest BCUT2D eigenvalue weighted by Gasteiger charge is -2.41. The molecular weight excluding hydrogens is 530 g/mol. The SMILES string of the molecule is Cc1ccc2c(c1)NC1(SCC(=O)N1C(=S)N1C(=O)CSC1(C)c1ccc(Br)cc1)C2=O. The van der Waals surface area contributed by atoms with Crippen molar-refractivity contribution < 1.29 is 14.4 Å². The number of nitrogens with one attached hydrogen (secondary N) is 1. The summed E-state index contributed by atoms with van der Waals surface area (Å²) in [5.74, 6) is -0.390. The molecule has 2 aromatic carbocycles. The van der Waals surface area contributed by atoms with E-state index in [1.165, 1.54) is 33.3 Å². The van der Waals surface area contributed by atoms with Gasteiger partial charge in [-0.2, -0.15) is 0 Å². The first-order chi connectivity index (χ1) is 15.2. The van der Waals surface area contributed by atoms with Gasteiger partial charge in [0.1, 0.15) is 4.87 Å². The highest BCUT2D eigenvalue weighted by Crippen LogP contribution is 2.50. The molecule has 6 nitrogen and oxygen atoms in total. The van der Waals surface area contributed by atoms with E-state index >= 15 is 0 Å². The van der Waals surface area contributed by atoms with Crippen molar-refractivity contribution in [2.75, 3.05) is 16.8 Å². The summed E-state index contributed by atoms with van der Waals surface area (Å²) >= 11 is 11.9. The lowest BCUT2D eigenvalue weighted by atomic mass is 10.1. The third-order valence-corrected chi connectivity index (χ3v) is 9.46. The predicted molar refractivity (Wildman–Crippen MR) is 135 cm³/mol. The zero-order valence-electron chi connectivity index (χ0n) is 17.2. The molecule has 32 heavy (non-hydrogen) atoms. The normalized spacial score (nSPS) is 26.8. The van der Waals surface area contributed by atoms with Gasteiger partial charge in [0.2, 0.25) is 22.6 Å². The quantitative estimate of drug-likeness (QED) is 0.533. The van der Waals surface area contributed by atoms with E-state index in [2.05, 4.69) is 21.2 Å². The lowest BCUT2D eigenvalue weighted by molar-refractivity contribution is -0.128. The number of thioether (sulfide) groups is 2. The third-order valence-electron chi connectivity index (χ3n) is 5.92. The van der Waals surface area contributed by atoms with Crippen molar-refractivity contribution in [1.29, 1.82) is 0 Å². The fourth-order valence-corrected chi connectivity index (χ4v) is 7.54. The highest BCUT2D eigenvalue weighted by Gasteiger charge is 2.61. The largest absolute Gasteiger partial charge is 0.347 e. The van der Waals surface area contributed by atoms with Crippen LogP contribution in [0.4, 0.5) is 5.69 Å². The second kappa shape index (κ2) is 7.58. The zero-order valence-corrected chi connectivity index (χ0v) is 21.2. The molecule has 2 atom stereocenters. The fourth-order valence-electron chi connectivity index (χ4n) is 4.28. The molecule has 1 N–H and O–H groups in total. The summed E-state index contributed by atoms with van der Waals surface area (Å²) in [6, 6.07) is 13.2. The number of thiocarbonyl (C=S) groups is 1. The van der Waals surface area contributed by atoms with Crippen LogP contribution in [0.15, 0.2) is 46.9 Å². The third kappa shape index (κ3) is 3.07. The van der Waals surface area contributed by atoms with Crippen LogP contribution in [0.25, 0.3) is 0 Å². The smallest absolute Gasteiger partial charge is 0.241 e. The minimum absolute atomic E-state index is 0.0470. The number of Topliss-reactive ketones (excluding diaryl/α,β-unsaturated/α-hetero) is 1. The van der Waals surface area contributed by atoms with E-state index in [4.69, 9.17) is 12.2 Å². The maximum absolute atomic E-state index is 13.5. The molecule has 0 aliphatic carbocycles. The standard InChI is InChI=1S/C22H18BrN3O3S3/c1-12-3-8-15-16(9-12)24-22(19(15)29)26(18(28)11-32-22)20(30)25-17(27)10-31-21(25,2)13-4-6-14(23)7-5-13/h3-9,24H,10-11H2,1-2H3. The highest BCUT2D eigenvalue weighted by atomic mass is 79.9. The molecule has 1 spiro atoms. The second-order valence-corrected chi connectivity index (χ2v) is 11.8. The van der Waals surface area contributed by atoms with Crippen LogP contribution in [0.2, 0.25) is 0 Å². The van der Waals surface area contributed by atoms with Gasteiger partial charge in [0, 0.05) is 15.7 Å². The number of anilines is 1. The number of carbonyl (C=O) groups excluding carboxylic acids is 3. The number of hydrogen-bond donors (Lipinski definition) is 1. The number of carbonyl (C=O) groups is 3. The maximum Gasteiger partial charge on any atom is 0.241 e. The van der Waals surface area contributed by atoms with Crippen molar-refractivity contribution in [2.24, 2.45) is 0 Å². The molecule has 2 amide bonds. The summed E-state index contributed by atoms with van der Waals surface area (Å²) < 4.78 is 0.923. The number of nitrogens with zero attached hydrogens (tertiary/aromatic N) is 2. The Morgan fingerprint density at radius 2 is 1.69 bits per heavy atom. The molecule has 2 fully saturated rings. The van der Waals surface area contributed by atoms with Gasteiger partial charge in [-0.3, -0.25) is 19.3 Å². The number of amides is 2. The van der Waals surface area contributed by atoms with E-state index in [0.29, 0.717) is 11.3 Å². The van der Waals surface area contributed by atoms with Crippen molar-refractivity contribution in [3.8, 4) is 0 Å². The maximum atomic E-state index is 13.5. The van der Waals surface area contributed by atoms with E-state index in [1.807, 2.05) is 50.2 Å². The van der Waals surface area contributed by atoms with Crippen LogP contribution in [0.1, 0.15) is 28.4 Å². The van der Waals surface area contributed by atoms with Gasteiger partial charge < -0.3 is 5.32 Å². The summed E-state index contributed by atoms with van der Waals surface area (Å²) in [6.07, 6.45) is 0. The molecule has 0 aromatic heterocycles. The molecule has 0 saturated carbocycles. The molecule has 2 aromatic rings. The average molecular weight is 549 g/mol.